The van der Waals surface area contributed by atoms with Gasteiger partial charge in [0.1, 0.15) is 22.6 Å². The maximum atomic E-state index is 15.9. The Morgan fingerprint density at radius 3 is 2.66 bits per heavy atom. The monoisotopic (exact) mass is 534 g/mol. The number of aryl methyl sites for hydroxylation is 3. The molecule has 0 bridgehead atoms. The van der Waals surface area contributed by atoms with Gasteiger partial charge in [0, 0.05) is 37.6 Å². The van der Waals surface area contributed by atoms with Crippen LogP contribution in [-0.4, -0.2) is 47.2 Å². The highest BCUT2D eigenvalue weighted by atomic mass is 32.1. The average molecular weight is 535 g/mol. The summed E-state index contributed by atoms with van der Waals surface area (Å²) in [5, 5.41) is 19.6. The lowest BCUT2D eigenvalue weighted by atomic mass is 9.85. The van der Waals surface area contributed by atoms with Crippen molar-refractivity contribution in [1.82, 2.24) is 28.9 Å². The highest BCUT2D eigenvalue weighted by Crippen LogP contribution is 2.45. The largest absolute Gasteiger partial charge is 0.384 e. The first-order valence-corrected chi connectivity index (χ1v) is 13.7. The number of fused-ring (bicyclic) bond motifs is 3. The van der Waals surface area contributed by atoms with E-state index in [-0.39, 0.29) is 17.8 Å². The maximum absolute atomic E-state index is 15.9. The number of halogens is 1. The lowest BCUT2D eigenvalue weighted by Crippen LogP contribution is -2.28. The van der Waals surface area contributed by atoms with Gasteiger partial charge >= 0.3 is 0 Å². The van der Waals surface area contributed by atoms with Gasteiger partial charge in [0.15, 0.2) is 0 Å². The molecular formula is C28H31FN6O2S. The van der Waals surface area contributed by atoms with Gasteiger partial charge in [-0.25, -0.2) is 9.07 Å². The summed E-state index contributed by atoms with van der Waals surface area (Å²) in [6.45, 7) is 8.46. The summed E-state index contributed by atoms with van der Waals surface area (Å²) in [5.41, 5.74) is 5.63. The number of aliphatic hydroxyl groups is 1. The molecule has 1 unspecified atom stereocenters. The van der Waals surface area contributed by atoms with Crippen molar-refractivity contribution in [2.45, 2.75) is 52.2 Å². The van der Waals surface area contributed by atoms with Crippen LogP contribution in [0.5, 0.6) is 0 Å². The van der Waals surface area contributed by atoms with Gasteiger partial charge in [0.2, 0.25) is 0 Å². The minimum atomic E-state index is -1.19. The van der Waals surface area contributed by atoms with Crippen molar-refractivity contribution >= 4 is 32.8 Å². The summed E-state index contributed by atoms with van der Waals surface area (Å²) in [4.78, 5) is 4.91. The molecule has 5 aromatic rings. The number of ether oxygens (including phenoxy) is 1. The molecule has 198 valence electrons. The summed E-state index contributed by atoms with van der Waals surface area (Å²) in [6.07, 6.45) is 3.43. The smallest absolute Gasteiger partial charge is 0.131 e. The van der Waals surface area contributed by atoms with Gasteiger partial charge in [-0.1, -0.05) is 23.4 Å². The second-order valence-corrected chi connectivity index (χ2v) is 11.5. The number of benzene rings is 1. The normalized spacial score (nSPS) is 16.1. The highest BCUT2D eigenvalue weighted by Gasteiger charge is 2.36. The molecule has 1 saturated heterocycles. The van der Waals surface area contributed by atoms with Crippen LogP contribution in [0.2, 0.25) is 0 Å². The fraction of sp³-hybridized carbons (Fsp3) is 0.429. The number of pyridine rings is 1. The SMILES string of the molecule is Cc1cccc(C(C2CCOCC2)n2c3cc(-c4c(C)nnn4C)cnc3c3snc(C(C)(C)O)c32)c1F. The molecular weight excluding hydrogens is 503 g/mol. The predicted octanol–water partition coefficient (Wildman–Crippen LogP) is 5.44. The Hall–Kier alpha value is -3.21. The van der Waals surface area contributed by atoms with E-state index in [0.717, 1.165) is 51.0 Å². The van der Waals surface area contributed by atoms with E-state index < -0.39 is 5.60 Å². The molecule has 0 amide bonds. The minimum absolute atomic E-state index is 0.122. The summed E-state index contributed by atoms with van der Waals surface area (Å²) in [7, 11) is 1.86. The zero-order chi connectivity index (χ0) is 26.8. The molecule has 10 heteroatoms. The van der Waals surface area contributed by atoms with Gasteiger partial charge in [0.05, 0.1) is 33.2 Å². The first kappa shape index (κ1) is 25.1. The Kier molecular flexibility index (Phi) is 6.08. The molecule has 6 rings (SSSR count). The van der Waals surface area contributed by atoms with Crippen LogP contribution in [0, 0.1) is 25.6 Å². The second-order valence-electron chi connectivity index (χ2n) is 10.7. The molecule has 0 spiro atoms. The summed E-state index contributed by atoms with van der Waals surface area (Å²) >= 11 is 1.33. The van der Waals surface area contributed by atoms with E-state index in [2.05, 4.69) is 25.3 Å². The van der Waals surface area contributed by atoms with Crippen molar-refractivity contribution in [1.29, 1.82) is 0 Å². The van der Waals surface area contributed by atoms with Gasteiger partial charge in [-0.15, -0.1) is 5.10 Å². The van der Waals surface area contributed by atoms with Crippen LogP contribution in [0.1, 0.15) is 55.2 Å². The Morgan fingerprint density at radius 1 is 1.21 bits per heavy atom. The van der Waals surface area contributed by atoms with Crippen molar-refractivity contribution in [2.75, 3.05) is 13.2 Å². The molecule has 0 radical (unpaired) electrons. The predicted molar refractivity (Wildman–Crippen MR) is 146 cm³/mol. The molecule has 8 nitrogen and oxygen atoms in total. The van der Waals surface area contributed by atoms with Crippen LogP contribution in [0.4, 0.5) is 4.39 Å². The zero-order valence-electron chi connectivity index (χ0n) is 22.2. The molecule has 0 saturated carbocycles. The second kappa shape index (κ2) is 9.21. The molecule has 1 aliphatic rings. The fourth-order valence-electron chi connectivity index (χ4n) is 5.81. The topological polar surface area (TPSA) is 90.9 Å². The van der Waals surface area contributed by atoms with E-state index in [1.54, 1.807) is 31.5 Å². The van der Waals surface area contributed by atoms with E-state index in [9.17, 15) is 5.11 Å². The lowest BCUT2D eigenvalue weighted by Gasteiger charge is -2.34. The summed E-state index contributed by atoms with van der Waals surface area (Å²) < 4.78 is 31.1. The molecule has 1 atom stereocenters. The van der Waals surface area contributed by atoms with E-state index >= 15 is 4.39 Å². The van der Waals surface area contributed by atoms with E-state index in [4.69, 9.17) is 9.72 Å². The van der Waals surface area contributed by atoms with Crippen LogP contribution >= 0.6 is 11.5 Å². The summed E-state index contributed by atoms with van der Waals surface area (Å²) in [6, 6.07) is 7.36. The summed E-state index contributed by atoms with van der Waals surface area (Å²) in [5.74, 6) is -0.0834. The van der Waals surface area contributed by atoms with Gasteiger partial charge in [0.25, 0.3) is 0 Å². The third-order valence-electron chi connectivity index (χ3n) is 7.63. The third kappa shape index (κ3) is 3.93. The third-order valence-corrected chi connectivity index (χ3v) is 8.47. The standard InChI is InChI=1S/C28H31FN6O2S/c1-15-7-6-8-19(21(15)29)24(17-9-11-37-12-10-17)35-20-13-18(23-16(2)31-33-34(23)5)14-30-22(20)26-25(35)27(32-38-26)28(3,4)36/h6-8,13-14,17,24,36H,9-12H2,1-5H3. The van der Waals surface area contributed by atoms with E-state index in [0.29, 0.717) is 30.0 Å². The molecule has 0 aliphatic carbocycles. The molecule has 1 fully saturated rings. The molecule has 38 heavy (non-hydrogen) atoms. The number of rotatable bonds is 5. The van der Waals surface area contributed by atoms with Crippen molar-refractivity contribution in [3.05, 3.63) is 58.8 Å². The van der Waals surface area contributed by atoms with Crippen LogP contribution in [-0.2, 0) is 17.4 Å². The first-order chi connectivity index (χ1) is 18.2. The van der Waals surface area contributed by atoms with Gasteiger partial charge in [-0.2, -0.15) is 4.37 Å². The molecule has 1 N–H and O–H groups in total. The Balaban J connectivity index is 1.73. The number of aromatic nitrogens is 6. The van der Waals surface area contributed by atoms with Crippen molar-refractivity contribution in [3.63, 3.8) is 0 Å². The number of nitrogens with zero attached hydrogens (tertiary/aromatic N) is 6. The quantitative estimate of drug-likeness (QED) is 0.323. The molecule has 1 aliphatic heterocycles. The fourth-order valence-corrected chi connectivity index (χ4v) is 6.82. The van der Waals surface area contributed by atoms with Crippen LogP contribution < -0.4 is 0 Å². The molecule has 5 heterocycles. The van der Waals surface area contributed by atoms with Gasteiger partial charge < -0.3 is 14.4 Å². The molecule has 4 aromatic heterocycles. The number of hydrogen-bond donors (Lipinski definition) is 1. The Bertz CT molecular complexity index is 1640. The Labute approximate surface area is 224 Å². The van der Waals surface area contributed by atoms with Crippen molar-refractivity contribution in [3.8, 4) is 11.3 Å². The van der Waals surface area contributed by atoms with E-state index in [1.807, 2.05) is 32.3 Å². The zero-order valence-corrected chi connectivity index (χ0v) is 23.0. The highest BCUT2D eigenvalue weighted by molar-refractivity contribution is 7.14. The Morgan fingerprint density at radius 2 is 1.97 bits per heavy atom. The van der Waals surface area contributed by atoms with Gasteiger partial charge in [-0.05, 0) is 69.6 Å². The van der Waals surface area contributed by atoms with Crippen LogP contribution in [0.25, 0.3) is 32.5 Å². The first-order valence-electron chi connectivity index (χ1n) is 12.9. The molecule has 1 aromatic carbocycles. The van der Waals surface area contributed by atoms with Crippen LogP contribution in [0.15, 0.2) is 30.5 Å². The average Bonchev–Trinajstić information content (AvgIpc) is 3.55. The van der Waals surface area contributed by atoms with E-state index in [1.165, 1.54) is 11.5 Å². The number of hydrogen-bond acceptors (Lipinski definition) is 7. The van der Waals surface area contributed by atoms with Crippen molar-refractivity contribution < 1.29 is 14.2 Å². The van der Waals surface area contributed by atoms with Crippen molar-refractivity contribution in [2.24, 2.45) is 13.0 Å². The van der Waals surface area contributed by atoms with Gasteiger partial charge in [-0.3, -0.25) is 4.98 Å². The minimum Gasteiger partial charge on any atom is -0.384 e. The van der Waals surface area contributed by atoms with Crippen LogP contribution in [0.3, 0.4) is 0 Å². The maximum Gasteiger partial charge on any atom is 0.131 e. The lowest BCUT2D eigenvalue weighted by molar-refractivity contribution is 0.0543.